The number of hydrogen-bond acceptors (Lipinski definition) is 5. The maximum Gasteiger partial charge on any atom is 0.187 e. The van der Waals surface area contributed by atoms with E-state index in [4.69, 9.17) is 13.6 Å². The Labute approximate surface area is 182 Å². The van der Waals surface area contributed by atoms with Crippen molar-refractivity contribution in [3.63, 3.8) is 0 Å². The third-order valence-electron chi connectivity index (χ3n) is 8.88. The molecule has 2 saturated carbocycles. The minimum absolute atomic E-state index is 0.0862. The summed E-state index contributed by atoms with van der Waals surface area (Å²) in [6, 6.07) is 0. The van der Waals surface area contributed by atoms with Gasteiger partial charge in [0.25, 0.3) is 0 Å². The molecule has 5 nitrogen and oxygen atoms in total. The van der Waals surface area contributed by atoms with Gasteiger partial charge in [0.2, 0.25) is 0 Å². The van der Waals surface area contributed by atoms with Crippen molar-refractivity contribution < 1.29 is 23.5 Å². The Kier molecular flexibility index (Phi) is 4.91. The van der Waals surface area contributed by atoms with Crippen LogP contribution in [0.3, 0.4) is 0 Å². The van der Waals surface area contributed by atoms with E-state index in [1.165, 1.54) is 0 Å². The predicted molar refractivity (Wildman–Crippen MR) is 120 cm³/mol. The number of carbonyl (C=O) groups is 1. The summed E-state index contributed by atoms with van der Waals surface area (Å²) in [6.07, 6.45) is 2.68. The van der Waals surface area contributed by atoms with Crippen LogP contribution in [0.15, 0.2) is 11.1 Å². The first-order valence-electron chi connectivity index (χ1n) is 11.8. The smallest absolute Gasteiger partial charge is 0.187 e. The standard InChI is InChI=1S/C23H38O5Si2/c1-13-15-7-14(9-18(13)24)8-17-16-11-26-19(16)10-20-23(17,2)22(25)21(15)28-30(5,6)12-29(3,4)27-20/h14,16-21,24H,7-12H2,1-6H3/t14-,16-,17+,18+,19+,20?,21?,23+/m1/s1. The number of aliphatic hydroxyl groups is 1. The van der Waals surface area contributed by atoms with Crippen LogP contribution >= 0.6 is 0 Å². The number of Topliss-reactive ketones (excluding diaryl/α,β-unsaturated/α-hetero) is 1. The Morgan fingerprint density at radius 2 is 1.77 bits per heavy atom. The summed E-state index contributed by atoms with van der Waals surface area (Å²) < 4.78 is 19.8. The molecule has 0 aromatic rings. The van der Waals surface area contributed by atoms with Crippen molar-refractivity contribution in [1.29, 1.82) is 0 Å². The summed E-state index contributed by atoms with van der Waals surface area (Å²) in [5, 5.41) is 10.8. The largest absolute Gasteiger partial charge is 0.414 e. The van der Waals surface area contributed by atoms with Crippen molar-refractivity contribution in [2.24, 2.45) is 23.2 Å². The molecule has 3 aliphatic carbocycles. The van der Waals surface area contributed by atoms with Gasteiger partial charge in [0, 0.05) is 5.92 Å². The molecule has 1 N–H and O–H groups in total. The van der Waals surface area contributed by atoms with E-state index in [1.807, 2.05) is 6.92 Å². The summed E-state index contributed by atoms with van der Waals surface area (Å²) in [4.78, 5) is 14.4. The molecule has 0 aromatic carbocycles. The molecule has 2 unspecified atom stereocenters. The zero-order chi connectivity index (χ0) is 21.6. The van der Waals surface area contributed by atoms with E-state index in [9.17, 15) is 9.90 Å². The molecule has 8 atom stereocenters. The number of fused-ring (bicyclic) bond motifs is 6. The van der Waals surface area contributed by atoms with E-state index in [1.54, 1.807) is 0 Å². The Morgan fingerprint density at radius 3 is 2.43 bits per heavy atom. The molecular weight excluding hydrogens is 412 g/mol. The number of carbonyl (C=O) groups excluding carboxylic acids is 1. The van der Waals surface area contributed by atoms with E-state index >= 15 is 0 Å². The van der Waals surface area contributed by atoms with Crippen molar-refractivity contribution in [3.8, 4) is 0 Å². The molecule has 0 radical (unpaired) electrons. The lowest BCUT2D eigenvalue weighted by Gasteiger charge is -2.59. The highest BCUT2D eigenvalue weighted by Gasteiger charge is 2.64. The highest BCUT2D eigenvalue weighted by Crippen LogP contribution is 2.58. The molecular formula is C23H38O5Si2. The first kappa shape index (κ1) is 21.5. The van der Waals surface area contributed by atoms with Crippen LogP contribution in [0.1, 0.15) is 39.5 Å². The summed E-state index contributed by atoms with van der Waals surface area (Å²) >= 11 is 0. The van der Waals surface area contributed by atoms with Gasteiger partial charge in [-0.1, -0.05) is 0 Å². The average molecular weight is 451 g/mol. The van der Waals surface area contributed by atoms with E-state index in [0.717, 1.165) is 49.1 Å². The highest BCUT2D eigenvalue weighted by molar-refractivity contribution is 6.89. The average Bonchev–Trinajstić information content (AvgIpc) is 2.62. The lowest BCUT2D eigenvalue weighted by atomic mass is 9.52. The summed E-state index contributed by atoms with van der Waals surface area (Å²) in [6.45, 7) is 14.0. The Bertz CT molecular complexity index is 792. The summed E-state index contributed by atoms with van der Waals surface area (Å²) in [5.74, 6) is 1.30. The van der Waals surface area contributed by atoms with Gasteiger partial charge in [0.05, 0.1) is 30.3 Å². The van der Waals surface area contributed by atoms with Crippen LogP contribution in [0.4, 0.5) is 0 Å². The van der Waals surface area contributed by atoms with Crippen LogP contribution in [0, 0.1) is 23.2 Å². The SMILES string of the molecule is CC1=C2C[C@@H](C[C@@H]1O)C[C@H]1[C@H]3CO[C@H]3CC3O[Si](C)(C)C[Si](C)(C)OC2C(=O)[C@]31C. The van der Waals surface area contributed by atoms with E-state index in [-0.39, 0.29) is 23.9 Å². The van der Waals surface area contributed by atoms with Gasteiger partial charge < -0.3 is 18.7 Å². The summed E-state index contributed by atoms with van der Waals surface area (Å²) in [7, 11) is -4.15. The van der Waals surface area contributed by atoms with Crippen LogP contribution in [-0.4, -0.2) is 58.5 Å². The molecule has 7 heteroatoms. The fourth-order valence-electron chi connectivity index (χ4n) is 7.52. The molecule has 0 amide bonds. The van der Waals surface area contributed by atoms with Crippen LogP contribution < -0.4 is 0 Å². The second-order valence-electron chi connectivity index (χ2n) is 12.1. The van der Waals surface area contributed by atoms with E-state index in [0.29, 0.717) is 11.8 Å². The molecule has 0 spiro atoms. The van der Waals surface area contributed by atoms with Gasteiger partial charge in [0.15, 0.2) is 22.4 Å². The summed E-state index contributed by atoms with van der Waals surface area (Å²) in [5.41, 5.74) is 2.50. The fraction of sp³-hybridized carbons (Fsp3) is 0.870. The molecule has 4 fully saturated rings. The van der Waals surface area contributed by atoms with Crippen LogP contribution in [0.5, 0.6) is 0 Å². The van der Waals surface area contributed by atoms with Gasteiger partial charge in [0.1, 0.15) is 6.10 Å². The van der Waals surface area contributed by atoms with E-state index in [2.05, 4.69) is 33.1 Å². The first-order valence-corrected chi connectivity index (χ1v) is 18.0. The number of rotatable bonds is 0. The van der Waals surface area contributed by atoms with Crippen molar-refractivity contribution in [2.75, 3.05) is 6.61 Å². The topological polar surface area (TPSA) is 65.0 Å². The third-order valence-corrected chi connectivity index (χ3v) is 17.5. The minimum Gasteiger partial charge on any atom is -0.414 e. The normalized spacial score (nSPS) is 49.6. The number of ether oxygens (including phenoxy) is 1. The van der Waals surface area contributed by atoms with Crippen LogP contribution in [0.2, 0.25) is 31.9 Å². The molecule has 168 valence electrons. The maximum absolute atomic E-state index is 14.4. The predicted octanol–water partition coefficient (Wildman–Crippen LogP) is 3.82. The van der Waals surface area contributed by atoms with Crippen LogP contribution in [0.25, 0.3) is 0 Å². The van der Waals surface area contributed by atoms with Crippen LogP contribution in [-0.2, 0) is 18.4 Å². The number of hydrogen-bond donors (Lipinski definition) is 1. The molecule has 2 saturated heterocycles. The molecule has 30 heavy (non-hydrogen) atoms. The Morgan fingerprint density at radius 1 is 1.07 bits per heavy atom. The first-order chi connectivity index (χ1) is 13.9. The maximum atomic E-state index is 14.4. The second-order valence-corrected chi connectivity index (χ2v) is 21.0. The van der Waals surface area contributed by atoms with Gasteiger partial charge in [-0.3, -0.25) is 4.79 Å². The molecule has 5 aliphatic rings. The number of ketones is 1. The molecule has 2 aliphatic heterocycles. The fourth-order valence-corrected chi connectivity index (χ4v) is 18.4. The monoisotopic (exact) mass is 450 g/mol. The number of aliphatic hydroxyl groups excluding tert-OH is 1. The lowest BCUT2D eigenvalue weighted by Crippen LogP contribution is -2.66. The highest BCUT2D eigenvalue weighted by atomic mass is 28.4. The molecule has 0 aromatic heterocycles. The van der Waals surface area contributed by atoms with Gasteiger partial charge in [-0.2, -0.15) is 0 Å². The van der Waals surface area contributed by atoms with E-state index < -0.39 is 34.3 Å². The van der Waals surface area contributed by atoms with Gasteiger partial charge >= 0.3 is 0 Å². The lowest BCUT2D eigenvalue weighted by molar-refractivity contribution is -0.224. The van der Waals surface area contributed by atoms with Gasteiger partial charge in [-0.25, -0.2) is 0 Å². The van der Waals surface area contributed by atoms with Crippen molar-refractivity contribution in [2.45, 2.75) is 95.8 Å². The Hall–Kier alpha value is -0.316. The van der Waals surface area contributed by atoms with Crippen molar-refractivity contribution in [1.82, 2.24) is 0 Å². The third kappa shape index (κ3) is 3.18. The molecule has 2 heterocycles. The minimum atomic E-state index is -2.14. The zero-order valence-electron chi connectivity index (χ0n) is 19.4. The van der Waals surface area contributed by atoms with Crippen molar-refractivity contribution >= 4 is 22.4 Å². The zero-order valence-corrected chi connectivity index (χ0v) is 21.4. The van der Waals surface area contributed by atoms with Crippen molar-refractivity contribution in [3.05, 3.63) is 11.1 Å². The van der Waals surface area contributed by atoms with Gasteiger partial charge in [-0.05, 0) is 94.4 Å². The molecule has 5 rings (SSSR count). The quantitative estimate of drug-likeness (QED) is 0.449. The second kappa shape index (κ2) is 6.84. The van der Waals surface area contributed by atoms with Gasteiger partial charge in [-0.15, -0.1) is 0 Å². The molecule has 4 bridgehead atoms. The Balaban J connectivity index is 1.70.